The first-order valence-corrected chi connectivity index (χ1v) is 0. The molecular weight excluding hydrogens is 247 g/mol. The summed E-state index contributed by atoms with van der Waals surface area (Å²) in [6.45, 7) is 0. The molecule has 0 spiro atoms. The first-order chi connectivity index (χ1) is 0. The Morgan fingerprint density at radius 1 is 0.375 bits per heavy atom. The van der Waals surface area contributed by atoms with Crippen molar-refractivity contribution in [3.63, 3.8) is 0 Å². The average Bonchev–Trinajstić information content (AvgIpc) is 0. The number of hydrogen-bond donors (Lipinski definition) is 5. The molecule has 0 aromatic heterocycles. The van der Waals surface area contributed by atoms with Gasteiger partial charge in [0, 0.05) is 20.4 Å². The first-order valence-electron chi connectivity index (χ1n) is 0. The van der Waals surface area contributed by atoms with E-state index in [0.717, 1.165) is 0 Å². The third-order valence-corrected chi connectivity index (χ3v) is 0. The molecule has 0 unspecified atom stereocenters. The maximum absolute atomic E-state index is 0. The van der Waals surface area contributed by atoms with Crippen LogP contribution < -0.4 is 30.8 Å². The molecule has 0 rings (SSSR count). The van der Waals surface area contributed by atoms with Crippen molar-refractivity contribution in [2.45, 2.75) is 0 Å². The molecule has 0 atom stereocenters. The van der Waals surface area contributed by atoms with Crippen molar-refractivity contribution in [1.29, 1.82) is 0 Å². The largest absolute Gasteiger partial charge is 0.344 e. The molecule has 8 heavy (non-hydrogen) atoms. The van der Waals surface area contributed by atoms with E-state index >= 15 is 0 Å². The smallest absolute Gasteiger partial charge is 0 e. The van der Waals surface area contributed by atoms with Crippen LogP contribution in [0.3, 0.4) is 0 Å². The van der Waals surface area contributed by atoms with Crippen molar-refractivity contribution in [2.24, 2.45) is 0 Å². The van der Waals surface area contributed by atoms with Gasteiger partial charge in [0.15, 0.2) is 0 Å². The van der Waals surface area contributed by atoms with Gasteiger partial charge < -0.3 is 30.8 Å². The summed E-state index contributed by atoms with van der Waals surface area (Å²) in [5.74, 6) is 0. The van der Waals surface area contributed by atoms with Crippen molar-refractivity contribution >= 4 is 24.8 Å². The zero-order valence-corrected chi connectivity index (χ0v) is 7.86. The predicted molar refractivity (Wildman–Crippen MR) is 39.6 cm³/mol. The van der Waals surface area contributed by atoms with Gasteiger partial charge in [0.2, 0.25) is 0 Å². The number of hydrogen-bond acceptors (Lipinski definition) is 5. The number of halogens is 2. The Kier molecular flexibility index (Phi) is 24700. The summed E-state index contributed by atoms with van der Waals surface area (Å²) in [5.41, 5.74) is 0. The van der Waals surface area contributed by atoms with E-state index in [9.17, 15) is 0 Å². The van der Waals surface area contributed by atoms with Crippen LogP contribution in [0.2, 0.25) is 0 Å². The molecule has 15 N–H and O–H groups in total. The zero-order chi connectivity index (χ0) is 0. The zero-order valence-electron chi connectivity index (χ0n) is 4.67. The molecule has 0 amide bonds. The Balaban J connectivity index is 0. The maximum Gasteiger partial charge on any atom is 0 e. The fourth-order valence-electron chi connectivity index (χ4n) is 0. The molecule has 0 radical (unpaired) electrons. The van der Waals surface area contributed by atoms with Gasteiger partial charge in [0.1, 0.15) is 0 Å². The van der Waals surface area contributed by atoms with Crippen molar-refractivity contribution in [3.8, 4) is 0 Å². The second kappa shape index (κ2) is 367. The van der Waals surface area contributed by atoms with Crippen molar-refractivity contribution in [1.82, 2.24) is 30.8 Å². The van der Waals surface area contributed by atoms with E-state index in [-0.39, 0.29) is 76.0 Å². The Morgan fingerprint density at radius 2 is 0.375 bits per heavy atom. The van der Waals surface area contributed by atoms with E-state index in [0.29, 0.717) is 0 Å². The van der Waals surface area contributed by atoms with Crippen LogP contribution in [-0.2, 0) is 20.4 Å². The number of rotatable bonds is 0. The molecule has 0 fully saturated rings. The van der Waals surface area contributed by atoms with Gasteiger partial charge in [0.25, 0.3) is 0 Å². The molecule has 0 heterocycles. The monoisotopic (exact) mass is 263 g/mol. The van der Waals surface area contributed by atoms with Crippen LogP contribution in [0.25, 0.3) is 0 Å². The van der Waals surface area contributed by atoms with Gasteiger partial charge in [0.05, 0.1) is 0 Å². The summed E-state index contributed by atoms with van der Waals surface area (Å²) in [5, 5.41) is 0. The third-order valence-electron chi connectivity index (χ3n) is 0. The van der Waals surface area contributed by atoms with Gasteiger partial charge >= 0.3 is 0 Å². The van der Waals surface area contributed by atoms with Crippen molar-refractivity contribution in [2.75, 3.05) is 0 Å². The minimum absolute atomic E-state index is 0. The second-order valence-electron chi connectivity index (χ2n) is 0. The Labute approximate surface area is 76.1 Å². The van der Waals surface area contributed by atoms with E-state index in [4.69, 9.17) is 0 Å². The summed E-state index contributed by atoms with van der Waals surface area (Å²) in [6.07, 6.45) is 0. The molecule has 0 saturated heterocycles. The van der Waals surface area contributed by atoms with E-state index in [1.54, 1.807) is 0 Å². The molecule has 0 aliphatic heterocycles. The van der Waals surface area contributed by atoms with Gasteiger partial charge in [-0.25, -0.2) is 0 Å². The van der Waals surface area contributed by atoms with Gasteiger partial charge in [-0.15, -0.1) is 24.8 Å². The van der Waals surface area contributed by atoms with Gasteiger partial charge in [-0.05, 0) is 0 Å². The standard InChI is InChI=1S/2ClH.5H3N.Pd/h2*1H;5*1H3;. The van der Waals surface area contributed by atoms with Crippen LogP contribution >= 0.6 is 24.8 Å². The second-order valence-corrected chi connectivity index (χ2v) is 0. The third kappa shape index (κ3) is 237. The average molecular weight is 264 g/mol. The fourth-order valence-corrected chi connectivity index (χ4v) is 0. The van der Waals surface area contributed by atoms with E-state index in [1.807, 2.05) is 0 Å². The predicted octanol–water partition coefficient (Wildman–Crippen LogP) is 1.65. The molecule has 5 nitrogen and oxygen atoms in total. The Morgan fingerprint density at radius 3 is 0.375 bits per heavy atom. The normalized spacial score (nSPS) is 0. The molecule has 0 aliphatic carbocycles. The molecule has 0 aliphatic rings. The van der Waals surface area contributed by atoms with Gasteiger partial charge in [-0.3, -0.25) is 0 Å². The van der Waals surface area contributed by atoms with Crippen LogP contribution in [0.1, 0.15) is 0 Å². The molecule has 0 aromatic rings. The molecule has 8 heteroatoms. The summed E-state index contributed by atoms with van der Waals surface area (Å²) < 4.78 is 0. The SMILES string of the molecule is Cl.Cl.N.N.N.N.N.[Pd]. The molecule has 0 bridgehead atoms. The molecule has 0 aromatic carbocycles. The molecule has 66 valence electrons. The van der Waals surface area contributed by atoms with E-state index < -0.39 is 0 Å². The summed E-state index contributed by atoms with van der Waals surface area (Å²) >= 11 is 0. The van der Waals surface area contributed by atoms with E-state index in [1.165, 1.54) is 0 Å². The van der Waals surface area contributed by atoms with Crippen LogP contribution in [-0.4, -0.2) is 0 Å². The van der Waals surface area contributed by atoms with Crippen molar-refractivity contribution in [3.05, 3.63) is 0 Å². The summed E-state index contributed by atoms with van der Waals surface area (Å²) in [7, 11) is 0. The van der Waals surface area contributed by atoms with Crippen molar-refractivity contribution < 1.29 is 20.4 Å². The summed E-state index contributed by atoms with van der Waals surface area (Å²) in [4.78, 5) is 0. The quantitative estimate of drug-likeness (QED) is 0.417. The van der Waals surface area contributed by atoms with Crippen LogP contribution in [0.15, 0.2) is 0 Å². The van der Waals surface area contributed by atoms with Crippen LogP contribution in [0, 0.1) is 0 Å². The summed E-state index contributed by atoms with van der Waals surface area (Å²) in [6, 6.07) is 0. The maximum atomic E-state index is 0. The van der Waals surface area contributed by atoms with Gasteiger partial charge in [-0.1, -0.05) is 0 Å². The van der Waals surface area contributed by atoms with E-state index in [2.05, 4.69) is 0 Å². The minimum Gasteiger partial charge on any atom is -0.344 e. The Hall–Kier alpha value is 1.04. The fraction of sp³-hybridized carbons (Fsp3) is 0. The molecular formula is H17Cl2N5Pd. The van der Waals surface area contributed by atoms with Crippen LogP contribution in [0.5, 0.6) is 0 Å². The van der Waals surface area contributed by atoms with Gasteiger partial charge in [-0.2, -0.15) is 0 Å². The minimum atomic E-state index is 0. The first kappa shape index (κ1) is 538. The Bertz CT molecular complexity index is 10.4. The van der Waals surface area contributed by atoms with Crippen LogP contribution in [0.4, 0.5) is 0 Å². The molecule has 0 saturated carbocycles. The topological polar surface area (TPSA) is 175 Å².